The van der Waals surface area contributed by atoms with Gasteiger partial charge < -0.3 is 15.8 Å². The van der Waals surface area contributed by atoms with Crippen molar-refractivity contribution in [3.05, 3.63) is 5.69 Å². The van der Waals surface area contributed by atoms with E-state index >= 15 is 0 Å². The molecule has 0 spiro atoms. The van der Waals surface area contributed by atoms with Gasteiger partial charge in [-0.05, 0) is 6.42 Å². The SMILES string of the molecule is CCCc1nn(C)c(NCC(=O)OC)c1N. The number of carbonyl (C=O) groups is 1. The minimum absolute atomic E-state index is 0.0891. The lowest BCUT2D eigenvalue weighted by Crippen LogP contribution is -2.17. The van der Waals surface area contributed by atoms with Crippen molar-refractivity contribution >= 4 is 17.5 Å². The van der Waals surface area contributed by atoms with Crippen molar-refractivity contribution in [2.45, 2.75) is 19.8 Å². The standard InChI is InChI=1S/C10H18N4O2/c1-4-5-7-9(11)10(14(2)13-7)12-6-8(15)16-3/h12H,4-6,11H2,1-3H3. The number of methoxy groups -OCH3 is 1. The van der Waals surface area contributed by atoms with Gasteiger partial charge in [0.05, 0.1) is 18.5 Å². The number of carbonyl (C=O) groups excluding carboxylic acids is 1. The fourth-order valence-corrected chi connectivity index (χ4v) is 1.46. The van der Waals surface area contributed by atoms with E-state index in [-0.39, 0.29) is 12.5 Å². The van der Waals surface area contributed by atoms with E-state index in [1.165, 1.54) is 7.11 Å². The lowest BCUT2D eigenvalue weighted by molar-refractivity contribution is -0.138. The molecule has 1 aromatic heterocycles. The summed E-state index contributed by atoms with van der Waals surface area (Å²) < 4.78 is 6.18. The average Bonchev–Trinajstić information content (AvgIpc) is 2.52. The van der Waals surface area contributed by atoms with E-state index in [4.69, 9.17) is 5.73 Å². The number of nitrogen functional groups attached to an aromatic ring is 1. The molecule has 0 atom stereocenters. The van der Waals surface area contributed by atoms with Crippen LogP contribution in [0.25, 0.3) is 0 Å². The van der Waals surface area contributed by atoms with E-state index < -0.39 is 0 Å². The summed E-state index contributed by atoms with van der Waals surface area (Å²) in [5.74, 6) is 0.325. The molecular weight excluding hydrogens is 208 g/mol. The largest absolute Gasteiger partial charge is 0.468 e. The zero-order valence-corrected chi connectivity index (χ0v) is 9.91. The fourth-order valence-electron chi connectivity index (χ4n) is 1.46. The van der Waals surface area contributed by atoms with E-state index in [9.17, 15) is 4.79 Å². The molecule has 1 heterocycles. The van der Waals surface area contributed by atoms with Crippen LogP contribution in [0, 0.1) is 0 Å². The molecule has 6 nitrogen and oxygen atoms in total. The lowest BCUT2D eigenvalue weighted by Gasteiger charge is -2.05. The molecule has 0 saturated heterocycles. The predicted octanol–water partition coefficient (Wildman–Crippen LogP) is 0.540. The van der Waals surface area contributed by atoms with Crippen LogP contribution in [0.5, 0.6) is 0 Å². The molecular formula is C10H18N4O2. The Bertz CT molecular complexity index is 373. The van der Waals surface area contributed by atoms with Gasteiger partial charge in [0.2, 0.25) is 0 Å². The summed E-state index contributed by atoms with van der Waals surface area (Å²) in [5, 5.41) is 7.19. The van der Waals surface area contributed by atoms with Gasteiger partial charge in [-0.1, -0.05) is 13.3 Å². The minimum atomic E-state index is -0.336. The van der Waals surface area contributed by atoms with Gasteiger partial charge >= 0.3 is 5.97 Å². The van der Waals surface area contributed by atoms with Gasteiger partial charge in [-0.2, -0.15) is 5.10 Å². The van der Waals surface area contributed by atoms with Crippen LogP contribution >= 0.6 is 0 Å². The molecule has 0 saturated carbocycles. The zero-order chi connectivity index (χ0) is 12.1. The van der Waals surface area contributed by atoms with Gasteiger partial charge in [0.15, 0.2) is 0 Å². The van der Waals surface area contributed by atoms with Crippen LogP contribution in [-0.2, 0) is 23.0 Å². The third-order valence-electron chi connectivity index (χ3n) is 2.27. The molecule has 0 bridgehead atoms. The van der Waals surface area contributed by atoms with Crippen molar-refractivity contribution in [2.75, 3.05) is 24.7 Å². The quantitative estimate of drug-likeness (QED) is 0.716. The van der Waals surface area contributed by atoms with Crippen LogP contribution in [0.15, 0.2) is 0 Å². The van der Waals surface area contributed by atoms with Gasteiger partial charge in [0.25, 0.3) is 0 Å². The van der Waals surface area contributed by atoms with Gasteiger partial charge in [-0.25, -0.2) is 0 Å². The maximum atomic E-state index is 11.0. The molecule has 0 aromatic carbocycles. The number of esters is 1. The van der Waals surface area contributed by atoms with Crippen molar-refractivity contribution in [3.63, 3.8) is 0 Å². The van der Waals surface area contributed by atoms with E-state index in [0.717, 1.165) is 18.5 Å². The average molecular weight is 226 g/mol. The monoisotopic (exact) mass is 226 g/mol. The smallest absolute Gasteiger partial charge is 0.325 e. The maximum Gasteiger partial charge on any atom is 0.325 e. The first-order chi connectivity index (χ1) is 7.60. The van der Waals surface area contributed by atoms with Crippen molar-refractivity contribution in [1.29, 1.82) is 0 Å². The first kappa shape index (κ1) is 12.4. The second-order valence-electron chi connectivity index (χ2n) is 3.51. The normalized spacial score (nSPS) is 10.2. The van der Waals surface area contributed by atoms with Gasteiger partial charge in [-0.15, -0.1) is 0 Å². The highest BCUT2D eigenvalue weighted by Gasteiger charge is 2.13. The Labute approximate surface area is 94.8 Å². The third kappa shape index (κ3) is 2.65. The molecule has 0 fully saturated rings. The molecule has 6 heteroatoms. The van der Waals surface area contributed by atoms with E-state index in [2.05, 4.69) is 22.1 Å². The fraction of sp³-hybridized carbons (Fsp3) is 0.600. The molecule has 90 valence electrons. The molecule has 0 aliphatic heterocycles. The van der Waals surface area contributed by atoms with Crippen molar-refractivity contribution in [2.24, 2.45) is 7.05 Å². The third-order valence-corrected chi connectivity index (χ3v) is 2.27. The Morgan fingerprint density at radius 2 is 2.31 bits per heavy atom. The minimum Gasteiger partial charge on any atom is -0.468 e. The number of anilines is 2. The molecule has 3 N–H and O–H groups in total. The number of nitrogens with one attached hydrogen (secondary N) is 1. The van der Waals surface area contributed by atoms with Crippen LogP contribution in [-0.4, -0.2) is 29.4 Å². The van der Waals surface area contributed by atoms with Crippen molar-refractivity contribution in [3.8, 4) is 0 Å². The lowest BCUT2D eigenvalue weighted by atomic mass is 10.2. The summed E-state index contributed by atoms with van der Waals surface area (Å²) in [7, 11) is 3.13. The molecule has 0 unspecified atom stereocenters. The van der Waals surface area contributed by atoms with Crippen molar-refractivity contribution in [1.82, 2.24) is 9.78 Å². The number of aryl methyl sites for hydroxylation is 2. The summed E-state index contributed by atoms with van der Waals surface area (Å²) in [4.78, 5) is 11.0. The first-order valence-electron chi connectivity index (χ1n) is 5.22. The second-order valence-corrected chi connectivity index (χ2v) is 3.51. The molecule has 0 aliphatic carbocycles. The number of nitrogens with zero attached hydrogens (tertiary/aromatic N) is 2. The van der Waals surface area contributed by atoms with Gasteiger partial charge in [0.1, 0.15) is 12.4 Å². The summed E-state index contributed by atoms with van der Waals surface area (Å²) in [6.07, 6.45) is 1.82. The highest BCUT2D eigenvalue weighted by molar-refractivity contribution is 5.76. The molecule has 0 radical (unpaired) electrons. The highest BCUT2D eigenvalue weighted by atomic mass is 16.5. The first-order valence-corrected chi connectivity index (χ1v) is 5.22. The number of hydrogen-bond acceptors (Lipinski definition) is 5. The Balaban J connectivity index is 2.75. The summed E-state index contributed by atoms with van der Waals surface area (Å²) in [6.45, 7) is 2.15. The molecule has 16 heavy (non-hydrogen) atoms. The van der Waals surface area contributed by atoms with E-state index in [1.807, 2.05) is 0 Å². The number of rotatable bonds is 5. The Kier molecular flexibility index (Phi) is 4.16. The maximum absolute atomic E-state index is 11.0. The molecule has 0 aliphatic rings. The van der Waals surface area contributed by atoms with E-state index in [1.54, 1.807) is 11.7 Å². The number of ether oxygens (including phenoxy) is 1. The van der Waals surface area contributed by atoms with Crippen molar-refractivity contribution < 1.29 is 9.53 Å². The second kappa shape index (κ2) is 5.39. The number of nitrogens with two attached hydrogens (primary N) is 1. The summed E-state index contributed by atoms with van der Waals surface area (Å²) >= 11 is 0. The summed E-state index contributed by atoms with van der Waals surface area (Å²) in [6, 6.07) is 0. The predicted molar refractivity (Wildman–Crippen MR) is 62.1 cm³/mol. The molecule has 0 amide bonds. The van der Waals surface area contributed by atoms with E-state index in [0.29, 0.717) is 11.5 Å². The van der Waals surface area contributed by atoms with Crippen LogP contribution in [0.1, 0.15) is 19.0 Å². The Morgan fingerprint density at radius 3 is 2.88 bits per heavy atom. The van der Waals surface area contributed by atoms with Crippen LogP contribution in [0.2, 0.25) is 0 Å². The zero-order valence-electron chi connectivity index (χ0n) is 9.91. The molecule has 1 rings (SSSR count). The summed E-state index contributed by atoms with van der Waals surface area (Å²) in [5.41, 5.74) is 7.38. The number of aromatic nitrogens is 2. The molecule has 1 aromatic rings. The van der Waals surface area contributed by atoms with Gasteiger partial charge in [0, 0.05) is 7.05 Å². The topological polar surface area (TPSA) is 82.2 Å². The Morgan fingerprint density at radius 1 is 1.62 bits per heavy atom. The van der Waals surface area contributed by atoms with Gasteiger partial charge in [-0.3, -0.25) is 9.48 Å². The van der Waals surface area contributed by atoms with Crippen LogP contribution in [0.4, 0.5) is 11.5 Å². The van der Waals surface area contributed by atoms with Crippen LogP contribution in [0.3, 0.4) is 0 Å². The Hall–Kier alpha value is -1.72. The van der Waals surface area contributed by atoms with Crippen LogP contribution < -0.4 is 11.1 Å². The number of hydrogen-bond donors (Lipinski definition) is 2. The highest BCUT2D eigenvalue weighted by Crippen LogP contribution is 2.22.